The van der Waals surface area contributed by atoms with Gasteiger partial charge in [0, 0.05) is 0 Å². The average Bonchev–Trinajstić information content (AvgIpc) is 2.52. The van der Waals surface area contributed by atoms with Crippen LogP contribution in [0.5, 0.6) is 0 Å². The van der Waals surface area contributed by atoms with Crippen LogP contribution in [0.1, 0.15) is 84.0 Å². The molecule has 0 spiro atoms. The van der Waals surface area contributed by atoms with E-state index < -0.39 is 0 Å². The fourth-order valence-electron chi connectivity index (χ4n) is 2.44. The highest BCUT2D eigenvalue weighted by Gasteiger charge is 2.02. The normalized spacial score (nSPS) is 17.3. The van der Waals surface area contributed by atoms with Crippen LogP contribution >= 0.6 is 0 Å². The van der Waals surface area contributed by atoms with E-state index in [1.54, 1.807) is 5.57 Å². The first kappa shape index (κ1) is 12.8. The third-order valence-corrected chi connectivity index (χ3v) is 3.49. The van der Waals surface area contributed by atoms with Gasteiger partial charge in [0.05, 0.1) is 0 Å². The van der Waals surface area contributed by atoms with E-state index in [-0.39, 0.29) is 0 Å². The lowest BCUT2D eigenvalue weighted by atomic mass is 10.0. The molecule has 0 N–H and O–H groups in total. The van der Waals surface area contributed by atoms with Gasteiger partial charge in [-0.05, 0) is 38.5 Å². The van der Waals surface area contributed by atoms with Gasteiger partial charge in [-0.25, -0.2) is 0 Å². The van der Waals surface area contributed by atoms with Crippen molar-refractivity contribution in [1.82, 2.24) is 0 Å². The van der Waals surface area contributed by atoms with E-state index in [2.05, 4.69) is 13.0 Å². The number of unbranched alkanes of at least 4 members (excludes halogenated alkanes) is 5. The van der Waals surface area contributed by atoms with Crippen LogP contribution in [0.15, 0.2) is 11.6 Å². The van der Waals surface area contributed by atoms with E-state index >= 15 is 0 Å². The zero-order valence-corrected chi connectivity index (χ0v) is 10.6. The second kappa shape index (κ2) is 9.00. The average molecular weight is 208 g/mol. The largest absolute Gasteiger partial charge is 0.0853 e. The SMILES string of the molecule is CCCCCCCCC1=CCCCCC1. The zero-order chi connectivity index (χ0) is 10.8. The first-order chi connectivity index (χ1) is 7.43. The molecule has 88 valence electrons. The van der Waals surface area contributed by atoms with Crippen molar-refractivity contribution in [3.63, 3.8) is 0 Å². The predicted octanol–water partition coefficient (Wildman–Crippen LogP) is 5.63. The van der Waals surface area contributed by atoms with Crippen LogP contribution in [0.25, 0.3) is 0 Å². The van der Waals surface area contributed by atoms with Gasteiger partial charge in [0.15, 0.2) is 0 Å². The van der Waals surface area contributed by atoms with Gasteiger partial charge in [-0.15, -0.1) is 0 Å². The molecule has 0 heterocycles. The van der Waals surface area contributed by atoms with Gasteiger partial charge in [-0.1, -0.05) is 57.1 Å². The molecule has 0 aliphatic heterocycles. The highest BCUT2D eigenvalue weighted by Crippen LogP contribution is 2.22. The molecule has 0 aromatic carbocycles. The highest BCUT2D eigenvalue weighted by molar-refractivity contribution is 5.03. The van der Waals surface area contributed by atoms with Crippen LogP contribution < -0.4 is 0 Å². The molecule has 0 aromatic rings. The number of rotatable bonds is 7. The maximum atomic E-state index is 2.53. The minimum atomic E-state index is 1.35. The molecule has 0 atom stereocenters. The van der Waals surface area contributed by atoms with Crippen LogP contribution in [-0.2, 0) is 0 Å². The number of hydrogen-bond donors (Lipinski definition) is 0. The van der Waals surface area contributed by atoms with E-state index in [9.17, 15) is 0 Å². The molecule has 0 aromatic heterocycles. The van der Waals surface area contributed by atoms with Gasteiger partial charge in [0.2, 0.25) is 0 Å². The smallest absolute Gasteiger partial charge is 0.0320 e. The van der Waals surface area contributed by atoms with Crippen LogP contribution in [0.3, 0.4) is 0 Å². The Morgan fingerprint density at radius 2 is 1.73 bits per heavy atom. The monoisotopic (exact) mass is 208 g/mol. The summed E-state index contributed by atoms with van der Waals surface area (Å²) in [5, 5.41) is 0. The Kier molecular flexibility index (Phi) is 7.69. The summed E-state index contributed by atoms with van der Waals surface area (Å²) >= 11 is 0. The van der Waals surface area contributed by atoms with Crippen molar-refractivity contribution in [2.24, 2.45) is 0 Å². The van der Waals surface area contributed by atoms with Gasteiger partial charge in [0.25, 0.3) is 0 Å². The molecule has 0 saturated carbocycles. The summed E-state index contributed by atoms with van der Waals surface area (Å²) in [5.74, 6) is 0. The summed E-state index contributed by atoms with van der Waals surface area (Å²) in [5.41, 5.74) is 1.77. The van der Waals surface area contributed by atoms with Gasteiger partial charge < -0.3 is 0 Å². The summed E-state index contributed by atoms with van der Waals surface area (Å²) < 4.78 is 0. The van der Waals surface area contributed by atoms with E-state index in [1.807, 2.05) is 0 Å². The molecule has 0 nitrogen and oxygen atoms in total. The molecular weight excluding hydrogens is 180 g/mol. The topological polar surface area (TPSA) is 0 Å². The van der Waals surface area contributed by atoms with Crippen molar-refractivity contribution in [3.05, 3.63) is 11.6 Å². The van der Waals surface area contributed by atoms with Crippen LogP contribution in [0.2, 0.25) is 0 Å². The van der Waals surface area contributed by atoms with E-state index in [0.29, 0.717) is 0 Å². The van der Waals surface area contributed by atoms with Crippen LogP contribution in [0.4, 0.5) is 0 Å². The Hall–Kier alpha value is -0.260. The third kappa shape index (κ3) is 6.76. The first-order valence-corrected chi connectivity index (χ1v) is 7.11. The third-order valence-electron chi connectivity index (χ3n) is 3.49. The maximum absolute atomic E-state index is 2.53. The Morgan fingerprint density at radius 1 is 0.933 bits per heavy atom. The van der Waals surface area contributed by atoms with Gasteiger partial charge in [-0.3, -0.25) is 0 Å². The molecule has 0 amide bonds. The van der Waals surface area contributed by atoms with Crippen molar-refractivity contribution < 1.29 is 0 Å². The Balaban J connectivity index is 1.96. The molecule has 15 heavy (non-hydrogen) atoms. The van der Waals surface area contributed by atoms with E-state index in [4.69, 9.17) is 0 Å². The van der Waals surface area contributed by atoms with Gasteiger partial charge >= 0.3 is 0 Å². The fraction of sp³-hybridized carbons (Fsp3) is 0.867. The lowest BCUT2D eigenvalue weighted by Gasteiger charge is -2.05. The summed E-state index contributed by atoms with van der Waals surface area (Å²) in [6, 6.07) is 0. The van der Waals surface area contributed by atoms with E-state index in [0.717, 1.165) is 0 Å². The molecule has 0 saturated heterocycles. The summed E-state index contributed by atoms with van der Waals surface area (Å²) in [6.07, 6.45) is 19.6. The quantitative estimate of drug-likeness (QED) is 0.376. The molecule has 1 aliphatic carbocycles. The van der Waals surface area contributed by atoms with Crippen molar-refractivity contribution in [3.8, 4) is 0 Å². The lowest BCUT2D eigenvalue weighted by Crippen LogP contribution is -1.85. The van der Waals surface area contributed by atoms with Crippen molar-refractivity contribution in [2.45, 2.75) is 84.0 Å². The highest BCUT2D eigenvalue weighted by atomic mass is 14.1. The lowest BCUT2D eigenvalue weighted by molar-refractivity contribution is 0.599. The summed E-state index contributed by atoms with van der Waals surface area (Å²) in [4.78, 5) is 0. The maximum Gasteiger partial charge on any atom is -0.0320 e. The Labute approximate surface area is 96.2 Å². The Morgan fingerprint density at radius 3 is 2.60 bits per heavy atom. The molecule has 0 heteroatoms. The van der Waals surface area contributed by atoms with Gasteiger partial charge in [0.1, 0.15) is 0 Å². The molecule has 0 bridgehead atoms. The number of hydrogen-bond acceptors (Lipinski definition) is 0. The summed E-state index contributed by atoms with van der Waals surface area (Å²) in [6.45, 7) is 2.29. The second-order valence-electron chi connectivity index (χ2n) is 4.98. The first-order valence-electron chi connectivity index (χ1n) is 7.11. The predicted molar refractivity (Wildman–Crippen MR) is 69.2 cm³/mol. The Bertz CT molecular complexity index is 167. The standard InChI is InChI=1S/C15H28/c1-2-3-4-5-6-9-12-15-13-10-7-8-11-14-15/h13H,2-12,14H2,1H3. The second-order valence-corrected chi connectivity index (χ2v) is 4.98. The van der Waals surface area contributed by atoms with Crippen molar-refractivity contribution in [2.75, 3.05) is 0 Å². The van der Waals surface area contributed by atoms with Crippen LogP contribution in [0, 0.1) is 0 Å². The van der Waals surface area contributed by atoms with Crippen molar-refractivity contribution in [1.29, 1.82) is 0 Å². The fourth-order valence-corrected chi connectivity index (χ4v) is 2.44. The van der Waals surface area contributed by atoms with E-state index in [1.165, 1.54) is 77.0 Å². The van der Waals surface area contributed by atoms with Gasteiger partial charge in [-0.2, -0.15) is 0 Å². The van der Waals surface area contributed by atoms with Crippen molar-refractivity contribution >= 4 is 0 Å². The van der Waals surface area contributed by atoms with Crippen LogP contribution in [-0.4, -0.2) is 0 Å². The number of allylic oxidation sites excluding steroid dienone is 2. The minimum absolute atomic E-state index is 1.35. The minimum Gasteiger partial charge on any atom is -0.0853 e. The molecule has 1 aliphatic rings. The molecule has 0 fully saturated rings. The molecule has 1 rings (SSSR count). The molecule has 0 unspecified atom stereocenters. The molecular formula is C15H28. The molecule has 0 radical (unpaired) electrons. The zero-order valence-electron chi connectivity index (χ0n) is 10.6. The summed E-state index contributed by atoms with van der Waals surface area (Å²) in [7, 11) is 0.